The summed E-state index contributed by atoms with van der Waals surface area (Å²) in [5, 5.41) is 3.48. The van der Waals surface area contributed by atoms with Crippen LogP contribution in [0.1, 0.15) is 38.4 Å². The van der Waals surface area contributed by atoms with Crippen LogP contribution in [0.5, 0.6) is 0 Å². The van der Waals surface area contributed by atoms with Crippen LogP contribution in [-0.4, -0.2) is 36.6 Å². The van der Waals surface area contributed by atoms with Crippen LogP contribution in [0.15, 0.2) is 18.3 Å². The lowest BCUT2D eigenvalue weighted by Gasteiger charge is -2.28. The van der Waals surface area contributed by atoms with Crippen LogP contribution < -0.4 is 5.32 Å². The molecular formula is C16H26FN3. The van der Waals surface area contributed by atoms with E-state index in [1.54, 1.807) is 6.07 Å². The summed E-state index contributed by atoms with van der Waals surface area (Å²) in [6, 6.07) is 3.47. The van der Waals surface area contributed by atoms with Crippen molar-refractivity contribution >= 4 is 0 Å². The number of nitrogens with one attached hydrogen (secondary N) is 1. The smallest absolute Gasteiger partial charge is 0.141 e. The van der Waals surface area contributed by atoms with Crippen molar-refractivity contribution in [1.82, 2.24) is 15.2 Å². The van der Waals surface area contributed by atoms with Gasteiger partial charge in [0, 0.05) is 13.1 Å². The quantitative estimate of drug-likeness (QED) is 0.793. The number of rotatable bonds is 8. The topological polar surface area (TPSA) is 28.2 Å². The monoisotopic (exact) mass is 279 g/mol. The van der Waals surface area contributed by atoms with Gasteiger partial charge in [0.25, 0.3) is 0 Å². The molecule has 2 unspecified atom stereocenters. The summed E-state index contributed by atoms with van der Waals surface area (Å²) in [5.41, 5.74) is 0.931. The Bertz CT molecular complexity index is 403. The summed E-state index contributed by atoms with van der Waals surface area (Å²) in [5.74, 6) is 1.08. The SMILES string of the molecule is CCNC(c1ccc(F)cn1)C(C)CN(C)CC1CC1. The van der Waals surface area contributed by atoms with Gasteiger partial charge >= 0.3 is 0 Å². The minimum Gasteiger partial charge on any atom is -0.309 e. The van der Waals surface area contributed by atoms with Crippen LogP contribution in [0.4, 0.5) is 4.39 Å². The molecular weight excluding hydrogens is 253 g/mol. The summed E-state index contributed by atoms with van der Waals surface area (Å²) in [4.78, 5) is 6.66. The van der Waals surface area contributed by atoms with Crippen molar-refractivity contribution < 1.29 is 4.39 Å². The highest BCUT2D eigenvalue weighted by atomic mass is 19.1. The zero-order valence-corrected chi connectivity index (χ0v) is 12.8. The normalized spacial score (nSPS) is 18.2. The first-order valence-corrected chi connectivity index (χ1v) is 7.63. The molecule has 2 rings (SSSR count). The zero-order valence-electron chi connectivity index (χ0n) is 12.8. The lowest BCUT2D eigenvalue weighted by molar-refractivity contribution is 0.239. The Balaban J connectivity index is 1.96. The van der Waals surface area contributed by atoms with E-state index < -0.39 is 0 Å². The first kappa shape index (κ1) is 15.4. The van der Waals surface area contributed by atoms with Crippen LogP contribution in [0.25, 0.3) is 0 Å². The van der Waals surface area contributed by atoms with E-state index in [1.165, 1.54) is 31.6 Å². The maximum absolute atomic E-state index is 13.0. The van der Waals surface area contributed by atoms with E-state index in [9.17, 15) is 4.39 Å². The van der Waals surface area contributed by atoms with Crippen LogP contribution in [0, 0.1) is 17.7 Å². The molecule has 1 aliphatic carbocycles. The summed E-state index contributed by atoms with van der Waals surface area (Å²) in [6.45, 7) is 7.45. The summed E-state index contributed by atoms with van der Waals surface area (Å²) >= 11 is 0. The minimum absolute atomic E-state index is 0.183. The highest BCUT2D eigenvalue weighted by molar-refractivity contribution is 5.11. The van der Waals surface area contributed by atoms with Crippen LogP contribution in [0.2, 0.25) is 0 Å². The largest absolute Gasteiger partial charge is 0.309 e. The third-order valence-corrected chi connectivity index (χ3v) is 3.93. The highest BCUT2D eigenvalue weighted by Crippen LogP contribution is 2.30. The van der Waals surface area contributed by atoms with E-state index in [0.717, 1.165) is 24.7 Å². The van der Waals surface area contributed by atoms with Crippen LogP contribution in [-0.2, 0) is 0 Å². The van der Waals surface area contributed by atoms with Gasteiger partial charge in [0.2, 0.25) is 0 Å². The van der Waals surface area contributed by atoms with Gasteiger partial charge in [-0.15, -0.1) is 0 Å². The van der Waals surface area contributed by atoms with Gasteiger partial charge in [0.15, 0.2) is 0 Å². The molecule has 0 aliphatic heterocycles. The highest BCUT2D eigenvalue weighted by Gasteiger charge is 2.25. The molecule has 20 heavy (non-hydrogen) atoms. The zero-order chi connectivity index (χ0) is 14.5. The molecule has 0 radical (unpaired) electrons. The standard InChI is InChI=1S/C16H26FN3/c1-4-18-16(15-8-7-14(17)9-19-15)12(2)10-20(3)11-13-5-6-13/h7-9,12-13,16,18H,4-6,10-11H2,1-3H3. The Morgan fingerprint density at radius 3 is 2.75 bits per heavy atom. The lowest BCUT2D eigenvalue weighted by Crippen LogP contribution is -2.35. The van der Waals surface area contributed by atoms with Gasteiger partial charge in [0.1, 0.15) is 5.82 Å². The molecule has 1 aliphatic rings. The van der Waals surface area contributed by atoms with E-state index >= 15 is 0 Å². The first-order valence-electron chi connectivity index (χ1n) is 7.63. The molecule has 0 amide bonds. The van der Waals surface area contributed by atoms with Crippen LogP contribution >= 0.6 is 0 Å². The van der Waals surface area contributed by atoms with E-state index in [-0.39, 0.29) is 11.9 Å². The van der Waals surface area contributed by atoms with Crippen molar-refractivity contribution in [2.24, 2.45) is 11.8 Å². The Kier molecular flexibility index (Phi) is 5.49. The second kappa shape index (κ2) is 7.14. The molecule has 0 spiro atoms. The molecule has 1 saturated carbocycles. The van der Waals surface area contributed by atoms with Crippen molar-refractivity contribution in [1.29, 1.82) is 0 Å². The average molecular weight is 279 g/mol. The van der Waals surface area contributed by atoms with Gasteiger partial charge in [0.05, 0.1) is 17.9 Å². The van der Waals surface area contributed by atoms with E-state index in [4.69, 9.17) is 0 Å². The van der Waals surface area contributed by atoms with Crippen molar-refractivity contribution in [3.63, 3.8) is 0 Å². The molecule has 0 aromatic carbocycles. The molecule has 1 aromatic rings. The Hall–Kier alpha value is -1.00. The molecule has 3 nitrogen and oxygen atoms in total. The molecule has 0 bridgehead atoms. The number of hydrogen-bond acceptors (Lipinski definition) is 3. The first-order chi connectivity index (χ1) is 9.60. The van der Waals surface area contributed by atoms with Gasteiger partial charge in [-0.25, -0.2) is 4.39 Å². The molecule has 1 aromatic heterocycles. The van der Waals surface area contributed by atoms with Gasteiger partial charge < -0.3 is 10.2 Å². The molecule has 112 valence electrons. The molecule has 4 heteroatoms. The Morgan fingerprint density at radius 2 is 2.20 bits per heavy atom. The number of hydrogen-bond donors (Lipinski definition) is 1. The third-order valence-electron chi connectivity index (χ3n) is 3.93. The van der Waals surface area contributed by atoms with Gasteiger partial charge in [-0.1, -0.05) is 13.8 Å². The maximum Gasteiger partial charge on any atom is 0.141 e. The molecule has 1 fully saturated rings. The number of halogens is 1. The second-order valence-electron chi connectivity index (χ2n) is 6.08. The van der Waals surface area contributed by atoms with Crippen molar-refractivity contribution in [2.45, 2.75) is 32.7 Å². The maximum atomic E-state index is 13.0. The lowest BCUT2D eigenvalue weighted by atomic mass is 9.97. The van der Waals surface area contributed by atoms with Crippen molar-refractivity contribution in [2.75, 3.05) is 26.7 Å². The number of pyridine rings is 1. The summed E-state index contributed by atoms with van der Waals surface area (Å²) in [7, 11) is 2.19. The molecule has 1 heterocycles. The fourth-order valence-electron chi connectivity index (χ4n) is 2.80. The minimum atomic E-state index is -0.275. The van der Waals surface area contributed by atoms with Gasteiger partial charge in [-0.05, 0) is 50.4 Å². The fourth-order valence-corrected chi connectivity index (χ4v) is 2.80. The van der Waals surface area contributed by atoms with Crippen LogP contribution in [0.3, 0.4) is 0 Å². The van der Waals surface area contributed by atoms with E-state index in [2.05, 4.69) is 36.1 Å². The average Bonchev–Trinajstić information content (AvgIpc) is 3.21. The number of aromatic nitrogens is 1. The molecule has 0 saturated heterocycles. The van der Waals surface area contributed by atoms with E-state index in [0.29, 0.717) is 5.92 Å². The third kappa shape index (κ3) is 4.53. The summed E-state index contributed by atoms with van der Waals surface area (Å²) < 4.78 is 13.0. The molecule has 1 N–H and O–H groups in total. The predicted molar refractivity (Wildman–Crippen MR) is 80.0 cm³/mol. The Labute approximate surface area is 121 Å². The van der Waals surface area contributed by atoms with Gasteiger partial charge in [-0.3, -0.25) is 4.98 Å². The van der Waals surface area contributed by atoms with Gasteiger partial charge in [-0.2, -0.15) is 0 Å². The van der Waals surface area contributed by atoms with Crippen molar-refractivity contribution in [3.8, 4) is 0 Å². The molecule has 2 atom stereocenters. The number of nitrogens with zero attached hydrogens (tertiary/aromatic N) is 2. The van der Waals surface area contributed by atoms with E-state index in [1.807, 2.05) is 0 Å². The predicted octanol–water partition coefficient (Wildman–Crippen LogP) is 2.85. The fraction of sp³-hybridized carbons (Fsp3) is 0.688. The second-order valence-corrected chi connectivity index (χ2v) is 6.08. The Morgan fingerprint density at radius 1 is 1.45 bits per heavy atom. The van der Waals surface area contributed by atoms with Crippen molar-refractivity contribution in [3.05, 3.63) is 29.8 Å². The summed E-state index contributed by atoms with van der Waals surface area (Å²) in [6.07, 6.45) is 4.07.